The Morgan fingerprint density at radius 2 is 2.16 bits per heavy atom. The van der Waals surface area contributed by atoms with Crippen LogP contribution in [-0.2, 0) is 17.7 Å². The molecule has 7 nitrogen and oxygen atoms in total. The molecule has 4 heterocycles. The first-order valence-electron chi connectivity index (χ1n) is 11.8. The third kappa shape index (κ3) is 3.73. The van der Waals surface area contributed by atoms with E-state index in [4.69, 9.17) is 15.5 Å². The van der Waals surface area contributed by atoms with Gasteiger partial charge in [0, 0.05) is 29.3 Å². The summed E-state index contributed by atoms with van der Waals surface area (Å²) in [4.78, 5) is 22.7. The summed E-state index contributed by atoms with van der Waals surface area (Å²) < 4.78 is 7.81. The van der Waals surface area contributed by atoms with E-state index in [0.29, 0.717) is 17.7 Å². The summed E-state index contributed by atoms with van der Waals surface area (Å²) in [5.74, 6) is 0.952. The van der Waals surface area contributed by atoms with E-state index < -0.39 is 5.91 Å². The van der Waals surface area contributed by atoms with Crippen LogP contribution in [0, 0.1) is 12.8 Å². The molecule has 1 fully saturated rings. The number of hydrogen-bond donors (Lipinski definition) is 2. The van der Waals surface area contributed by atoms with Crippen LogP contribution in [0.5, 0.6) is 0 Å². The lowest BCUT2D eigenvalue weighted by molar-refractivity contribution is -0.0807. The summed E-state index contributed by atoms with van der Waals surface area (Å²) in [6.45, 7) is 7.49. The molecule has 2 aromatic heterocycles. The van der Waals surface area contributed by atoms with E-state index in [9.17, 15) is 4.79 Å². The van der Waals surface area contributed by atoms with E-state index in [1.54, 1.807) is 0 Å². The summed E-state index contributed by atoms with van der Waals surface area (Å²) >= 11 is 0. The molecule has 0 saturated carbocycles. The van der Waals surface area contributed by atoms with Crippen molar-refractivity contribution in [3.63, 3.8) is 0 Å². The van der Waals surface area contributed by atoms with Gasteiger partial charge >= 0.3 is 0 Å². The van der Waals surface area contributed by atoms with Crippen molar-refractivity contribution in [1.29, 1.82) is 0 Å². The molecule has 7 heteroatoms. The van der Waals surface area contributed by atoms with Crippen molar-refractivity contribution >= 4 is 16.8 Å². The lowest BCUT2D eigenvalue weighted by Crippen LogP contribution is -2.53. The maximum absolute atomic E-state index is 12.1. The van der Waals surface area contributed by atoms with Crippen LogP contribution < -0.4 is 5.73 Å². The van der Waals surface area contributed by atoms with Gasteiger partial charge in [-0.15, -0.1) is 0 Å². The maximum atomic E-state index is 12.1. The predicted octanol–water partition coefficient (Wildman–Crippen LogP) is 3.58. The summed E-state index contributed by atoms with van der Waals surface area (Å²) in [5.41, 5.74) is 9.55. The monoisotopic (exact) mass is 435 g/mol. The number of fused-ring (bicyclic) bond motifs is 2. The van der Waals surface area contributed by atoms with Gasteiger partial charge in [-0.25, -0.2) is 4.98 Å². The van der Waals surface area contributed by atoms with E-state index in [0.717, 1.165) is 50.7 Å². The number of benzene rings is 1. The van der Waals surface area contributed by atoms with Crippen LogP contribution >= 0.6 is 0 Å². The quantitative estimate of drug-likeness (QED) is 0.566. The van der Waals surface area contributed by atoms with Crippen molar-refractivity contribution < 1.29 is 9.53 Å². The standard InChI is InChI=1S/C25H33N5O2/c1-3-4-7-17(10-18-11-27-21-9-6-5-8-20(18)21)22-12-29(19-14-32-15-19)13-23-28-24(25(26)31)16(2)30(22)23/h5-6,8-9,11,17,19,22,27H,3-4,7,10,12-15H2,1-2H3,(H2,26,31). The van der Waals surface area contributed by atoms with Crippen molar-refractivity contribution in [3.05, 3.63) is 53.2 Å². The minimum atomic E-state index is -0.441. The van der Waals surface area contributed by atoms with E-state index in [2.05, 4.69) is 51.8 Å². The van der Waals surface area contributed by atoms with Crippen LogP contribution in [0.3, 0.4) is 0 Å². The predicted molar refractivity (Wildman–Crippen MR) is 125 cm³/mol. The number of amides is 1. The molecular formula is C25H33N5O2. The van der Waals surface area contributed by atoms with Crippen LogP contribution in [0.2, 0.25) is 0 Å². The number of primary amides is 1. The normalized spacial score (nSPS) is 20.2. The van der Waals surface area contributed by atoms with Crippen molar-refractivity contribution in [2.75, 3.05) is 19.8 Å². The molecule has 2 aliphatic heterocycles. The number of ether oxygens (including phenoxy) is 1. The largest absolute Gasteiger partial charge is 0.378 e. The van der Waals surface area contributed by atoms with Gasteiger partial charge in [-0.2, -0.15) is 0 Å². The molecule has 1 amide bonds. The zero-order valence-electron chi connectivity index (χ0n) is 19.0. The number of para-hydroxylation sites is 1. The number of H-pyrrole nitrogens is 1. The van der Waals surface area contributed by atoms with Crippen molar-refractivity contribution in [2.45, 2.75) is 58.2 Å². The molecule has 32 heavy (non-hydrogen) atoms. The number of carbonyl (C=O) groups excluding carboxylic acids is 1. The first kappa shape index (κ1) is 21.2. The first-order valence-corrected chi connectivity index (χ1v) is 11.8. The molecule has 3 aromatic rings. The van der Waals surface area contributed by atoms with E-state index in [-0.39, 0.29) is 6.04 Å². The van der Waals surface area contributed by atoms with Crippen LogP contribution in [0.1, 0.15) is 59.8 Å². The first-order chi connectivity index (χ1) is 15.6. The second kappa shape index (κ2) is 8.71. The number of nitrogens with one attached hydrogen (secondary N) is 1. The lowest BCUT2D eigenvalue weighted by atomic mass is 9.85. The van der Waals surface area contributed by atoms with E-state index in [1.165, 1.54) is 29.3 Å². The summed E-state index contributed by atoms with van der Waals surface area (Å²) in [7, 11) is 0. The van der Waals surface area contributed by atoms with Gasteiger partial charge in [0.2, 0.25) is 0 Å². The average Bonchev–Trinajstić information content (AvgIpc) is 3.30. The second-order valence-corrected chi connectivity index (χ2v) is 9.35. The summed E-state index contributed by atoms with van der Waals surface area (Å²) in [6.07, 6.45) is 6.65. The Morgan fingerprint density at radius 1 is 1.34 bits per heavy atom. The number of hydrogen-bond acceptors (Lipinski definition) is 4. The minimum Gasteiger partial charge on any atom is -0.378 e. The highest BCUT2D eigenvalue weighted by Gasteiger charge is 2.38. The fraction of sp³-hybridized carbons (Fsp3) is 0.520. The highest BCUT2D eigenvalue weighted by atomic mass is 16.5. The third-order valence-corrected chi connectivity index (χ3v) is 7.32. The molecule has 170 valence electrons. The Labute approximate surface area is 188 Å². The average molecular weight is 436 g/mol. The highest BCUT2D eigenvalue weighted by Crippen LogP contribution is 2.37. The summed E-state index contributed by atoms with van der Waals surface area (Å²) in [5, 5.41) is 1.30. The van der Waals surface area contributed by atoms with Crippen LogP contribution in [0.4, 0.5) is 0 Å². The molecule has 0 bridgehead atoms. The Bertz CT molecular complexity index is 1110. The maximum Gasteiger partial charge on any atom is 0.269 e. The van der Waals surface area contributed by atoms with Crippen molar-refractivity contribution in [1.82, 2.24) is 19.4 Å². The second-order valence-electron chi connectivity index (χ2n) is 9.35. The number of nitrogens with zero attached hydrogens (tertiary/aromatic N) is 3. The molecule has 0 spiro atoms. The third-order valence-electron chi connectivity index (χ3n) is 7.32. The van der Waals surface area contributed by atoms with E-state index >= 15 is 0 Å². The van der Waals surface area contributed by atoms with E-state index in [1.807, 2.05) is 6.92 Å². The van der Waals surface area contributed by atoms with Gasteiger partial charge in [0.05, 0.1) is 31.8 Å². The molecule has 5 rings (SSSR count). The number of imidazole rings is 1. The number of rotatable bonds is 8. The van der Waals surface area contributed by atoms with Crippen LogP contribution in [0.25, 0.3) is 10.9 Å². The fourth-order valence-electron chi connectivity index (χ4n) is 5.48. The minimum absolute atomic E-state index is 0.250. The fourth-order valence-corrected chi connectivity index (χ4v) is 5.48. The molecule has 0 radical (unpaired) electrons. The SMILES string of the molecule is CCCCC(Cc1c[nH]c2ccccc12)C1CN(C2COC2)Cc2nc(C(N)=O)c(C)n21. The van der Waals surface area contributed by atoms with Gasteiger partial charge in [-0.05, 0) is 37.3 Å². The molecule has 0 aliphatic carbocycles. The van der Waals surface area contributed by atoms with Crippen LogP contribution in [-0.4, -0.2) is 51.1 Å². The zero-order chi connectivity index (χ0) is 22.2. The number of aromatic nitrogens is 3. The number of unbranched alkanes of at least 4 members (excludes halogenated alkanes) is 1. The number of aromatic amines is 1. The Morgan fingerprint density at radius 3 is 2.88 bits per heavy atom. The molecule has 1 saturated heterocycles. The van der Waals surface area contributed by atoms with Crippen molar-refractivity contribution in [3.8, 4) is 0 Å². The zero-order valence-corrected chi connectivity index (χ0v) is 19.0. The molecule has 1 aromatic carbocycles. The van der Waals surface area contributed by atoms with Crippen LogP contribution in [0.15, 0.2) is 30.5 Å². The Balaban J connectivity index is 1.53. The highest BCUT2D eigenvalue weighted by molar-refractivity contribution is 5.92. The van der Waals surface area contributed by atoms with Gasteiger partial charge in [0.1, 0.15) is 11.5 Å². The number of carbonyl (C=O) groups is 1. The molecular weight excluding hydrogens is 402 g/mol. The number of nitrogens with two attached hydrogens (primary N) is 1. The van der Waals surface area contributed by atoms with Crippen molar-refractivity contribution in [2.24, 2.45) is 11.7 Å². The molecule has 2 unspecified atom stereocenters. The van der Waals surface area contributed by atoms with Gasteiger partial charge in [-0.1, -0.05) is 38.0 Å². The Kier molecular flexibility index (Phi) is 5.78. The van der Waals surface area contributed by atoms with Gasteiger partial charge in [0.15, 0.2) is 0 Å². The Hall–Kier alpha value is -2.64. The van der Waals surface area contributed by atoms with Gasteiger partial charge in [0.25, 0.3) is 5.91 Å². The summed E-state index contributed by atoms with van der Waals surface area (Å²) in [6, 6.07) is 9.20. The molecule has 2 aliphatic rings. The molecule has 3 N–H and O–H groups in total. The van der Waals surface area contributed by atoms with Gasteiger partial charge in [-0.3, -0.25) is 9.69 Å². The van der Waals surface area contributed by atoms with Gasteiger partial charge < -0.3 is 20.0 Å². The molecule has 2 atom stereocenters. The lowest BCUT2D eigenvalue weighted by Gasteiger charge is -2.44. The smallest absolute Gasteiger partial charge is 0.269 e. The topological polar surface area (TPSA) is 89.2 Å².